The van der Waals surface area contributed by atoms with Gasteiger partial charge in [-0.15, -0.1) is 10.2 Å². The summed E-state index contributed by atoms with van der Waals surface area (Å²) < 4.78 is 17.5. The molecule has 0 aliphatic carbocycles. The van der Waals surface area contributed by atoms with Crippen LogP contribution in [0, 0.1) is 6.92 Å². The molecule has 0 amide bonds. The van der Waals surface area contributed by atoms with Gasteiger partial charge in [-0.3, -0.25) is 0 Å². The minimum absolute atomic E-state index is 0.322. The zero-order valence-electron chi connectivity index (χ0n) is 13.7. The van der Waals surface area contributed by atoms with Crippen molar-refractivity contribution in [1.29, 1.82) is 0 Å². The molecule has 0 saturated carbocycles. The maximum absolute atomic E-state index is 6.05. The molecule has 1 aromatic carbocycles. The van der Waals surface area contributed by atoms with E-state index < -0.39 is 0 Å². The molecule has 1 aliphatic heterocycles. The number of rotatable bonds is 3. The summed E-state index contributed by atoms with van der Waals surface area (Å²) in [4.78, 5) is 0. The standard InChI is InChI=1S/C16H21BN2O3/c1-11-18-19-14(20-11)10-12-6-8-13(9-7-12)17-21-15(2,3)16(4,5)22-17/h6-9H,10H2,1-5H3. The minimum atomic E-state index is -0.329. The van der Waals surface area contributed by atoms with Crippen LogP contribution in [0.4, 0.5) is 0 Å². The van der Waals surface area contributed by atoms with Gasteiger partial charge < -0.3 is 13.7 Å². The van der Waals surface area contributed by atoms with E-state index in [4.69, 9.17) is 13.7 Å². The van der Waals surface area contributed by atoms with E-state index in [1.165, 1.54) is 0 Å². The van der Waals surface area contributed by atoms with Crippen LogP contribution in [0.2, 0.25) is 0 Å². The Morgan fingerprint density at radius 2 is 1.55 bits per heavy atom. The van der Waals surface area contributed by atoms with Gasteiger partial charge in [0.2, 0.25) is 11.8 Å². The first kappa shape index (κ1) is 15.2. The second-order valence-corrected chi connectivity index (χ2v) is 6.72. The molecule has 2 aromatic rings. The third-order valence-corrected chi connectivity index (χ3v) is 4.43. The lowest BCUT2D eigenvalue weighted by molar-refractivity contribution is 0.00578. The second-order valence-electron chi connectivity index (χ2n) is 6.72. The number of benzene rings is 1. The van der Waals surface area contributed by atoms with Gasteiger partial charge in [0, 0.05) is 6.92 Å². The first-order valence-electron chi connectivity index (χ1n) is 7.50. The number of hydrogen-bond acceptors (Lipinski definition) is 5. The smallest absolute Gasteiger partial charge is 0.425 e. The summed E-state index contributed by atoms with van der Waals surface area (Å²) in [7, 11) is -0.329. The molecule has 0 spiro atoms. The Bertz CT molecular complexity index is 648. The molecule has 0 N–H and O–H groups in total. The molecule has 22 heavy (non-hydrogen) atoms. The van der Waals surface area contributed by atoms with Crippen LogP contribution in [0.25, 0.3) is 0 Å². The van der Waals surface area contributed by atoms with Crippen molar-refractivity contribution in [3.05, 3.63) is 41.6 Å². The molecule has 6 heteroatoms. The molecule has 1 fully saturated rings. The normalized spacial score (nSPS) is 19.6. The molecule has 0 bridgehead atoms. The van der Waals surface area contributed by atoms with Gasteiger partial charge in [0.15, 0.2) is 0 Å². The van der Waals surface area contributed by atoms with Crippen molar-refractivity contribution < 1.29 is 13.7 Å². The molecule has 3 rings (SSSR count). The van der Waals surface area contributed by atoms with Gasteiger partial charge in [-0.05, 0) is 38.7 Å². The van der Waals surface area contributed by atoms with Crippen molar-refractivity contribution in [2.75, 3.05) is 0 Å². The van der Waals surface area contributed by atoms with E-state index in [-0.39, 0.29) is 18.3 Å². The van der Waals surface area contributed by atoms with Crippen LogP contribution in [-0.2, 0) is 15.7 Å². The number of aromatic nitrogens is 2. The molecule has 1 saturated heterocycles. The summed E-state index contributed by atoms with van der Waals surface area (Å²) in [6.45, 7) is 10.0. The van der Waals surface area contributed by atoms with Crippen LogP contribution in [0.1, 0.15) is 45.0 Å². The summed E-state index contributed by atoms with van der Waals surface area (Å²) in [5.74, 6) is 1.21. The summed E-state index contributed by atoms with van der Waals surface area (Å²) in [6, 6.07) is 8.14. The maximum atomic E-state index is 6.05. The van der Waals surface area contributed by atoms with E-state index in [0.717, 1.165) is 11.0 Å². The second kappa shape index (κ2) is 5.21. The molecule has 2 heterocycles. The number of nitrogens with zero attached hydrogens (tertiary/aromatic N) is 2. The SMILES string of the molecule is Cc1nnc(Cc2ccc(B3OC(C)(C)C(C)(C)O3)cc2)o1. The first-order chi connectivity index (χ1) is 10.3. The van der Waals surface area contributed by atoms with Gasteiger partial charge in [0.1, 0.15) is 0 Å². The Morgan fingerprint density at radius 3 is 2.05 bits per heavy atom. The zero-order valence-corrected chi connectivity index (χ0v) is 13.7. The van der Waals surface area contributed by atoms with E-state index in [2.05, 4.69) is 37.9 Å². The number of aryl methyl sites for hydroxylation is 1. The van der Waals surface area contributed by atoms with Crippen LogP contribution in [0.5, 0.6) is 0 Å². The highest BCUT2D eigenvalue weighted by Gasteiger charge is 2.51. The molecule has 116 valence electrons. The topological polar surface area (TPSA) is 57.4 Å². The predicted molar refractivity (Wildman–Crippen MR) is 84.0 cm³/mol. The highest BCUT2D eigenvalue weighted by Crippen LogP contribution is 2.36. The van der Waals surface area contributed by atoms with E-state index in [1.807, 2.05) is 24.3 Å². The Morgan fingerprint density at radius 1 is 0.955 bits per heavy atom. The molecule has 0 unspecified atom stereocenters. The maximum Gasteiger partial charge on any atom is 0.494 e. The first-order valence-corrected chi connectivity index (χ1v) is 7.50. The van der Waals surface area contributed by atoms with Gasteiger partial charge in [-0.25, -0.2) is 0 Å². The molecule has 1 aliphatic rings. The van der Waals surface area contributed by atoms with Crippen LogP contribution < -0.4 is 5.46 Å². The van der Waals surface area contributed by atoms with Crippen molar-refractivity contribution in [3.63, 3.8) is 0 Å². The van der Waals surface area contributed by atoms with Crippen LogP contribution >= 0.6 is 0 Å². The molecule has 0 radical (unpaired) electrons. The van der Waals surface area contributed by atoms with Crippen molar-refractivity contribution in [3.8, 4) is 0 Å². The fourth-order valence-corrected chi connectivity index (χ4v) is 2.36. The molecular weight excluding hydrogens is 279 g/mol. The molecule has 0 atom stereocenters. The van der Waals surface area contributed by atoms with Crippen molar-refractivity contribution in [2.45, 2.75) is 52.2 Å². The van der Waals surface area contributed by atoms with Crippen LogP contribution in [0.15, 0.2) is 28.7 Å². The Labute approximate surface area is 131 Å². The van der Waals surface area contributed by atoms with Crippen LogP contribution in [-0.4, -0.2) is 28.5 Å². The lowest BCUT2D eigenvalue weighted by Gasteiger charge is -2.32. The fourth-order valence-electron chi connectivity index (χ4n) is 2.36. The Hall–Kier alpha value is -1.66. The van der Waals surface area contributed by atoms with Crippen LogP contribution in [0.3, 0.4) is 0 Å². The third-order valence-electron chi connectivity index (χ3n) is 4.43. The largest absolute Gasteiger partial charge is 0.494 e. The van der Waals surface area contributed by atoms with Crippen molar-refractivity contribution in [2.24, 2.45) is 0 Å². The predicted octanol–water partition coefficient (Wildman–Crippen LogP) is 2.27. The van der Waals surface area contributed by atoms with E-state index in [9.17, 15) is 0 Å². The lowest BCUT2D eigenvalue weighted by atomic mass is 9.79. The summed E-state index contributed by atoms with van der Waals surface area (Å²) in [5.41, 5.74) is 1.49. The van der Waals surface area contributed by atoms with Gasteiger partial charge in [-0.2, -0.15) is 0 Å². The van der Waals surface area contributed by atoms with Crippen molar-refractivity contribution in [1.82, 2.24) is 10.2 Å². The molecule has 1 aromatic heterocycles. The minimum Gasteiger partial charge on any atom is -0.425 e. The van der Waals surface area contributed by atoms with E-state index in [1.54, 1.807) is 6.92 Å². The Balaban J connectivity index is 1.72. The average Bonchev–Trinajstić information content (AvgIpc) is 2.92. The van der Waals surface area contributed by atoms with E-state index >= 15 is 0 Å². The van der Waals surface area contributed by atoms with Crippen molar-refractivity contribution >= 4 is 12.6 Å². The monoisotopic (exact) mass is 300 g/mol. The van der Waals surface area contributed by atoms with Gasteiger partial charge in [0.25, 0.3) is 0 Å². The van der Waals surface area contributed by atoms with Gasteiger partial charge in [-0.1, -0.05) is 24.3 Å². The summed E-state index contributed by atoms with van der Waals surface area (Å²) >= 11 is 0. The highest BCUT2D eigenvalue weighted by molar-refractivity contribution is 6.62. The lowest BCUT2D eigenvalue weighted by Crippen LogP contribution is -2.41. The average molecular weight is 300 g/mol. The zero-order chi connectivity index (χ0) is 16.0. The summed E-state index contributed by atoms with van der Waals surface area (Å²) in [6.07, 6.45) is 0.629. The fraction of sp³-hybridized carbons (Fsp3) is 0.500. The summed E-state index contributed by atoms with van der Waals surface area (Å²) in [5, 5.41) is 7.85. The molecular formula is C16H21BN2O3. The van der Waals surface area contributed by atoms with Gasteiger partial charge in [0.05, 0.1) is 17.6 Å². The molecule has 5 nitrogen and oxygen atoms in total. The quantitative estimate of drug-likeness (QED) is 0.814. The number of hydrogen-bond donors (Lipinski definition) is 0. The third kappa shape index (κ3) is 2.81. The van der Waals surface area contributed by atoms with Gasteiger partial charge >= 0.3 is 7.12 Å². The highest BCUT2D eigenvalue weighted by atomic mass is 16.7. The Kier molecular flexibility index (Phi) is 3.61. The van der Waals surface area contributed by atoms with E-state index in [0.29, 0.717) is 18.2 Å².